The van der Waals surface area contributed by atoms with Crippen LogP contribution in [0.15, 0.2) is 133 Å². The molecule has 0 N–H and O–H groups in total. The number of halogens is 1. The van der Waals surface area contributed by atoms with Crippen LogP contribution in [0.5, 0.6) is 11.5 Å². The van der Waals surface area contributed by atoms with Gasteiger partial charge < -0.3 is 18.8 Å². The standard InChI is InChI=1S/C45H50FNO4Si/c1-45(2,3)52(4,5)51-41(35-21-24-37(46)25-22-35)28-23-36-29-43(48)47(38-19-13-8-14-20-38)44(36)40-27-26-39(49-31-33-15-9-6-10-16-33)30-42(40)50-32-34-17-11-7-12-18-34/h6-22,24-27,30,36,41,44H,23,28-29,31-32H2,1-5H3/t36-,41+,44+/m1/s1. The third kappa shape index (κ3) is 9.01. The van der Waals surface area contributed by atoms with Gasteiger partial charge in [-0.2, -0.15) is 0 Å². The van der Waals surface area contributed by atoms with Crippen LogP contribution in [0.3, 0.4) is 0 Å². The Bertz CT molecular complexity index is 1900. The number of hydrogen-bond donors (Lipinski definition) is 0. The first-order valence-corrected chi connectivity index (χ1v) is 21.2. The van der Waals surface area contributed by atoms with Gasteiger partial charge in [0, 0.05) is 23.7 Å². The summed E-state index contributed by atoms with van der Waals surface area (Å²) in [5.41, 5.74) is 4.87. The van der Waals surface area contributed by atoms with Gasteiger partial charge in [-0.25, -0.2) is 4.39 Å². The van der Waals surface area contributed by atoms with Gasteiger partial charge in [-0.05, 0) is 90.0 Å². The molecule has 6 rings (SSSR count). The Morgan fingerprint density at radius 2 is 1.35 bits per heavy atom. The van der Waals surface area contributed by atoms with Gasteiger partial charge in [-0.1, -0.05) is 112 Å². The fourth-order valence-corrected chi connectivity index (χ4v) is 7.98. The Labute approximate surface area is 309 Å². The number of amides is 1. The van der Waals surface area contributed by atoms with Gasteiger partial charge in [0.15, 0.2) is 8.32 Å². The van der Waals surface area contributed by atoms with Crippen LogP contribution in [0.1, 0.15) is 74.4 Å². The number of carbonyl (C=O) groups is 1. The first-order valence-electron chi connectivity index (χ1n) is 18.3. The van der Waals surface area contributed by atoms with Crippen LogP contribution >= 0.6 is 0 Å². The molecule has 0 bridgehead atoms. The smallest absolute Gasteiger partial charge is 0.227 e. The monoisotopic (exact) mass is 715 g/mol. The van der Waals surface area contributed by atoms with Gasteiger partial charge in [-0.3, -0.25) is 4.79 Å². The lowest BCUT2D eigenvalue weighted by Gasteiger charge is -2.40. The molecule has 5 aromatic rings. The lowest BCUT2D eigenvalue weighted by molar-refractivity contribution is -0.117. The Morgan fingerprint density at radius 1 is 0.769 bits per heavy atom. The van der Waals surface area contributed by atoms with Crippen LogP contribution in [0.4, 0.5) is 10.1 Å². The van der Waals surface area contributed by atoms with Crippen molar-refractivity contribution in [3.63, 3.8) is 0 Å². The number of para-hydroxylation sites is 1. The summed E-state index contributed by atoms with van der Waals surface area (Å²) in [6.07, 6.45) is 1.57. The third-order valence-corrected chi connectivity index (χ3v) is 15.0. The van der Waals surface area contributed by atoms with E-state index in [1.54, 1.807) is 0 Å². The molecule has 0 aliphatic carbocycles. The molecule has 5 aromatic carbocycles. The van der Waals surface area contributed by atoms with E-state index in [0.717, 1.165) is 34.4 Å². The van der Waals surface area contributed by atoms with Gasteiger partial charge in [-0.15, -0.1) is 0 Å². The Kier molecular flexibility index (Phi) is 11.6. The molecule has 270 valence electrons. The first kappa shape index (κ1) is 37.0. The highest BCUT2D eigenvalue weighted by Crippen LogP contribution is 2.49. The lowest BCUT2D eigenvalue weighted by atomic mass is 9.87. The molecule has 0 spiro atoms. The van der Waals surface area contributed by atoms with Crippen LogP contribution < -0.4 is 14.4 Å². The van der Waals surface area contributed by atoms with E-state index < -0.39 is 8.32 Å². The fraction of sp³-hybridized carbons (Fsp3) is 0.311. The number of ether oxygens (including phenoxy) is 2. The summed E-state index contributed by atoms with van der Waals surface area (Å²) >= 11 is 0. The summed E-state index contributed by atoms with van der Waals surface area (Å²) < 4.78 is 34.0. The number of nitrogens with zero attached hydrogens (tertiary/aromatic N) is 1. The van der Waals surface area contributed by atoms with E-state index in [1.165, 1.54) is 12.1 Å². The Hall–Kier alpha value is -4.72. The quantitative estimate of drug-likeness (QED) is 0.107. The maximum atomic E-state index is 14.1. The second-order valence-corrected chi connectivity index (χ2v) is 20.0. The average molecular weight is 716 g/mol. The summed E-state index contributed by atoms with van der Waals surface area (Å²) in [5, 5.41) is -0.00340. The highest BCUT2D eigenvalue weighted by molar-refractivity contribution is 6.74. The number of benzene rings is 5. The van der Waals surface area contributed by atoms with Crippen molar-refractivity contribution >= 4 is 19.9 Å². The minimum atomic E-state index is -2.20. The van der Waals surface area contributed by atoms with Crippen molar-refractivity contribution in [2.75, 3.05) is 4.90 Å². The van der Waals surface area contributed by atoms with Crippen molar-refractivity contribution < 1.29 is 23.1 Å². The highest BCUT2D eigenvalue weighted by Gasteiger charge is 2.44. The molecule has 7 heteroatoms. The average Bonchev–Trinajstić information content (AvgIpc) is 3.47. The number of carbonyl (C=O) groups excluding carboxylic acids is 1. The predicted octanol–water partition coefficient (Wildman–Crippen LogP) is 11.6. The van der Waals surface area contributed by atoms with E-state index in [0.29, 0.717) is 37.6 Å². The molecule has 1 saturated heterocycles. The summed E-state index contributed by atoms with van der Waals surface area (Å²) in [5.74, 6) is 1.15. The van der Waals surface area contributed by atoms with Crippen molar-refractivity contribution in [1.82, 2.24) is 0 Å². The zero-order valence-corrected chi connectivity index (χ0v) is 31.9. The van der Waals surface area contributed by atoms with Gasteiger partial charge in [0.2, 0.25) is 5.91 Å². The molecule has 3 atom stereocenters. The molecule has 1 aliphatic heterocycles. The minimum absolute atomic E-state index is 0.00340. The SMILES string of the molecule is CC(C)(C)[Si](C)(C)O[C@@H](CC[C@@H]1CC(=O)N(c2ccccc2)[C@@H]1c1ccc(OCc2ccccc2)cc1OCc1ccccc1)c1ccc(F)cc1. The topological polar surface area (TPSA) is 48.0 Å². The van der Waals surface area contributed by atoms with Gasteiger partial charge in [0.05, 0.1) is 12.1 Å². The molecule has 0 unspecified atom stereocenters. The van der Waals surface area contributed by atoms with Crippen LogP contribution in [0.2, 0.25) is 18.1 Å². The molecular weight excluding hydrogens is 666 g/mol. The van der Waals surface area contributed by atoms with Gasteiger partial charge in [0.25, 0.3) is 0 Å². The molecule has 1 amide bonds. The maximum Gasteiger partial charge on any atom is 0.227 e. The van der Waals surface area contributed by atoms with E-state index in [1.807, 2.05) is 120 Å². The second-order valence-electron chi connectivity index (χ2n) is 15.3. The molecule has 0 saturated carbocycles. The van der Waals surface area contributed by atoms with E-state index >= 15 is 0 Å². The van der Waals surface area contributed by atoms with Crippen molar-refractivity contribution in [2.45, 2.75) is 83.5 Å². The van der Waals surface area contributed by atoms with Crippen LogP contribution in [-0.2, 0) is 22.4 Å². The van der Waals surface area contributed by atoms with E-state index in [2.05, 4.69) is 39.9 Å². The molecule has 0 aromatic heterocycles. The minimum Gasteiger partial charge on any atom is -0.489 e. The Balaban J connectivity index is 1.36. The maximum absolute atomic E-state index is 14.1. The van der Waals surface area contributed by atoms with E-state index in [9.17, 15) is 9.18 Å². The van der Waals surface area contributed by atoms with Crippen LogP contribution in [-0.4, -0.2) is 14.2 Å². The molecular formula is C45H50FNO4Si. The molecule has 0 radical (unpaired) electrons. The van der Waals surface area contributed by atoms with Crippen molar-refractivity contribution in [1.29, 1.82) is 0 Å². The normalized spacial score (nSPS) is 16.9. The zero-order valence-electron chi connectivity index (χ0n) is 30.9. The number of anilines is 1. The van der Waals surface area contributed by atoms with E-state index in [-0.39, 0.29) is 34.8 Å². The zero-order chi connectivity index (χ0) is 36.7. The largest absolute Gasteiger partial charge is 0.489 e. The van der Waals surface area contributed by atoms with Gasteiger partial charge >= 0.3 is 0 Å². The van der Waals surface area contributed by atoms with Crippen LogP contribution in [0, 0.1) is 11.7 Å². The summed E-state index contributed by atoms with van der Waals surface area (Å²) in [7, 11) is -2.20. The molecule has 5 nitrogen and oxygen atoms in total. The predicted molar refractivity (Wildman–Crippen MR) is 209 cm³/mol. The molecule has 1 heterocycles. The highest BCUT2D eigenvalue weighted by atomic mass is 28.4. The van der Waals surface area contributed by atoms with E-state index in [4.69, 9.17) is 13.9 Å². The molecule has 1 fully saturated rings. The Morgan fingerprint density at radius 3 is 1.94 bits per heavy atom. The summed E-state index contributed by atoms with van der Waals surface area (Å²) in [4.78, 5) is 16.0. The van der Waals surface area contributed by atoms with Crippen molar-refractivity contribution in [3.05, 3.63) is 162 Å². The summed E-state index contributed by atoms with van der Waals surface area (Å²) in [6, 6.07) is 42.5. The summed E-state index contributed by atoms with van der Waals surface area (Å²) in [6.45, 7) is 12.0. The number of rotatable bonds is 14. The second kappa shape index (κ2) is 16.3. The third-order valence-electron chi connectivity index (χ3n) is 10.5. The first-order chi connectivity index (χ1) is 25.0. The van der Waals surface area contributed by atoms with Gasteiger partial charge in [0.1, 0.15) is 30.5 Å². The van der Waals surface area contributed by atoms with Crippen molar-refractivity contribution in [2.24, 2.45) is 5.92 Å². The molecule has 1 aliphatic rings. The fourth-order valence-electron chi connectivity index (χ4n) is 6.67. The van der Waals surface area contributed by atoms with Crippen LogP contribution in [0.25, 0.3) is 0 Å². The molecule has 52 heavy (non-hydrogen) atoms. The van der Waals surface area contributed by atoms with Crippen molar-refractivity contribution in [3.8, 4) is 11.5 Å². The lowest BCUT2D eigenvalue weighted by Crippen LogP contribution is -2.42. The number of hydrogen-bond acceptors (Lipinski definition) is 4.